The van der Waals surface area contributed by atoms with Gasteiger partial charge in [-0.25, -0.2) is 0 Å². The van der Waals surface area contributed by atoms with Crippen molar-refractivity contribution in [3.8, 4) is 11.4 Å². The lowest BCUT2D eigenvalue weighted by Crippen LogP contribution is -2.32. The van der Waals surface area contributed by atoms with Gasteiger partial charge in [-0.05, 0) is 57.4 Å². The van der Waals surface area contributed by atoms with Crippen LogP contribution < -0.4 is 15.0 Å². The van der Waals surface area contributed by atoms with Crippen LogP contribution in [0.3, 0.4) is 0 Å². The van der Waals surface area contributed by atoms with Crippen LogP contribution in [-0.2, 0) is 4.79 Å². The molecule has 2 aromatic carbocycles. The molecule has 0 aliphatic carbocycles. The third-order valence-electron chi connectivity index (χ3n) is 5.77. The molecule has 1 aliphatic rings. The molecule has 0 saturated carbocycles. The lowest BCUT2D eigenvalue weighted by Gasteiger charge is -2.28. The number of anilines is 2. The molecule has 34 heavy (non-hydrogen) atoms. The first kappa shape index (κ1) is 23.8. The van der Waals surface area contributed by atoms with E-state index < -0.39 is 5.25 Å². The summed E-state index contributed by atoms with van der Waals surface area (Å²) in [5.41, 5.74) is 1.98. The number of nitrogens with one attached hydrogen (secondary N) is 1. The second-order valence-corrected chi connectivity index (χ2v) is 9.53. The third kappa shape index (κ3) is 5.25. The van der Waals surface area contributed by atoms with Gasteiger partial charge in [0.25, 0.3) is 0 Å². The van der Waals surface area contributed by atoms with Gasteiger partial charge >= 0.3 is 0 Å². The highest BCUT2D eigenvalue weighted by atomic mass is 32.2. The van der Waals surface area contributed by atoms with Crippen LogP contribution in [0.2, 0.25) is 0 Å². The number of hydrogen-bond donors (Lipinski definition) is 1. The Morgan fingerprint density at radius 2 is 1.82 bits per heavy atom. The summed E-state index contributed by atoms with van der Waals surface area (Å²) in [4.78, 5) is 26.9. The highest BCUT2D eigenvalue weighted by Gasteiger charge is 2.26. The SMILES string of the molecule is COc1ccccc1-n1c(SC(C)C(=O)Nc2cccc(C(C)=O)c2)nnc1N1CCCCC1. The summed E-state index contributed by atoms with van der Waals surface area (Å²) in [5.74, 6) is 1.24. The van der Waals surface area contributed by atoms with Crippen molar-refractivity contribution in [1.82, 2.24) is 14.8 Å². The van der Waals surface area contributed by atoms with Crippen LogP contribution in [0.15, 0.2) is 53.7 Å². The first-order valence-corrected chi connectivity index (χ1v) is 12.3. The highest BCUT2D eigenvalue weighted by Crippen LogP contribution is 2.34. The summed E-state index contributed by atoms with van der Waals surface area (Å²) in [6.45, 7) is 5.17. The van der Waals surface area contributed by atoms with Gasteiger partial charge in [-0.2, -0.15) is 0 Å². The number of amides is 1. The number of para-hydroxylation sites is 2. The number of carbonyl (C=O) groups is 2. The van der Waals surface area contributed by atoms with Gasteiger partial charge < -0.3 is 15.0 Å². The normalized spacial score (nSPS) is 14.5. The molecule has 1 aliphatic heterocycles. The first-order valence-electron chi connectivity index (χ1n) is 11.4. The van der Waals surface area contributed by atoms with E-state index in [1.54, 1.807) is 31.4 Å². The predicted molar refractivity (Wildman–Crippen MR) is 134 cm³/mol. The largest absolute Gasteiger partial charge is 0.495 e. The van der Waals surface area contributed by atoms with Crippen LogP contribution in [0.5, 0.6) is 5.75 Å². The molecule has 1 atom stereocenters. The summed E-state index contributed by atoms with van der Waals surface area (Å²) in [7, 11) is 1.64. The number of thioether (sulfide) groups is 1. The molecule has 1 unspecified atom stereocenters. The van der Waals surface area contributed by atoms with Crippen LogP contribution in [0.25, 0.3) is 5.69 Å². The molecule has 1 N–H and O–H groups in total. The third-order valence-corrected chi connectivity index (χ3v) is 6.81. The fourth-order valence-corrected chi connectivity index (χ4v) is 4.79. The molecule has 9 heteroatoms. The number of carbonyl (C=O) groups excluding carboxylic acids is 2. The van der Waals surface area contributed by atoms with E-state index in [4.69, 9.17) is 4.74 Å². The number of methoxy groups -OCH3 is 1. The quantitative estimate of drug-likeness (QED) is 0.373. The summed E-state index contributed by atoms with van der Waals surface area (Å²) in [5, 5.41) is 12.0. The number of piperidine rings is 1. The number of rotatable bonds is 8. The molecule has 0 radical (unpaired) electrons. The number of benzene rings is 2. The molecule has 3 aromatic rings. The minimum absolute atomic E-state index is 0.0475. The van der Waals surface area contributed by atoms with Gasteiger partial charge in [-0.3, -0.25) is 14.2 Å². The fraction of sp³-hybridized carbons (Fsp3) is 0.360. The summed E-state index contributed by atoms with van der Waals surface area (Å²) in [6.07, 6.45) is 3.43. The zero-order valence-corrected chi connectivity index (χ0v) is 20.5. The van der Waals surface area contributed by atoms with Crippen molar-refractivity contribution in [3.05, 3.63) is 54.1 Å². The Labute approximate surface area is 203 Å². The van der Waals surface area contributed by atoms with E-state index >= 15 is 0 Å². The Kier molecular flexibility index (Phi) is 7.52. The van der Waals surface area contributed by atoms with Crippen molar-refractivity contribution < 1.29 is 14.3 Å². The van der Waals surface area contributed by atoms with Crippen LogP contribution >= 0.6 is 11.8 Å². The Balaban J connectivity index is 1.61. The van der Waals surface area contributed by atoms with Gasteiger partial charge in [-0.1, -0.05) is 36.0 Å². The lowest BCUT2D eigenvalue weighted by atomic mass is 10.1. The molecule has 1 amide bonds. The Morgan fingerprint density at radius 3 is 2.56 bits per heavy atom. The van der Waals surface area contributed by atoms with Gasteiger partial charge in [0.05, 0.1) is 18.0 Å². The Bertz CT molecular complexity index is 1170. The number of ether oxygens (including phenoxy) is 1. The van der Waals surface area contributed by atoms with E-state index in [1.807, 2.05) is 35.8 Å². The number of Topliss-reactive ketones (excluding diaryl/α,β-unsaturated/α-hetero) is 1. The summed E-state index contributed by atoms with van der Waals surface area (Å²) >= 11 is 1.34. The number of ketones is 1. The summed E-state index contributed by atoms with van der Waals surface area (Å²) < 4.78 is 7.60. The monoisotopic (exact) mass is 479 g/mol. The molecule has 178 valence electrons. The molecule has 1 aromatic heterocycles. The Morgan fingerprint density at radius 1 is 1.06 bits per heavy atom. The standard InChI is InChI=1S/C25H29N5O3S/c1-17(31)19-10-9-11-20(16-19)26-23(32)18(2)34-25-28-27-24(29-14-7-4-8-15-29)30(25)21-12-5-6-13-22(21)33-3/h5-6,9-13,16,18H,4,7-8,14-15H2,1-3H3,(H,26,32). The molecule has 1 fully saturated rings. The van der Waals surface area contributed by atoms with Crippen LogP contribution in [0.4, 0.5) is 11.6 Å². The summed E-state index contributed by atoms with van der Waals surface area (Å²) in [6, 6.07) is 14.7. The molecular weight excluding hydrogens is 450 g/mol. The maximum atomic E-state index is 13.0. The first-order chi connectivity index (χ1) is 16.5. The van der Waals surface area contributed by atoms with E-state index in [9.17, 15) is 9.59 Å². The van der Waals surface area contributed by atoms with Crippen LogP contribution in [0.1, 0.15) is 43.5 Å². The fourth-order valence-electron chi connectivity index (χ4n) is 3.93. The lowest BCUT2D eigenvalue weighted by molar-refractivity contribution is -0.115. The van der Waals surface area contributed by atoms with Gasteiger partial charge in [0, 0.05) is 24.3 Å². The van der Waals surface area contributed by atoms with Crippen LogP contribution in [0, 0.1) is 0 Å². The van der Waals surface area contributed by atoms with E-state index in [2.05, 4.69) is 20.4 Å². The van der Waals surface area contributed by atoms with E-state index in [-0.39, 0.29) is 11.7 Å². The van der Waals surface area contributed by atoms with Gasteiger partial charge in [-0.15, -0.1) is 10.2 Å². The second kappa shape index (κ2) is 10.7. The van der Waals surface area contributed by atoms with Crippen LogP contribution in [-0.4, -0.2) is 51.9 Å². The minimum Gasteiger partial charge on any atom is -0.495 e. The minimum atomic E-state index is -0.451. The van der Waals surface area contributed by atoms with Gasteiger partial charge in [0.15, 0.2) is 10.9 Å². The molecule has 0 bridgehead atoms. The van der Waals surface area contributed by atoms with E-state index in [0.717, 1.165) is 37.6 Å². The van der Waals surface area contributed by atoms with E-state index in [0.29, 0.717) is 22.2 Å². The maximum absolute atomic E-state index is 13.0. The molecule has 2 heterocycles. The van der Waals surface area contributed by atoms with Crippen molar-refractivity contribution in [2.24, 2.45) is 0 Å². The predicted octanol–water partition coefficient (Wildman–Crippen LogP) is 4.59. The average Bonchev–Trinajstić information content (AvgIpc) is 3.27. The number of hydrogen-bond acceptors (Lipinski definition) is 7. The average molecular weight is 480 g/mol. The zero-order chi connectivity index (χ0) is 24.1. The highest BCUT2D eigenvalue weighted by molar-refractivity contribution is 8.00. The van der Waals surface area contributed by atoms with Gasteiger partial charge in [0.1, 0.15) is 5.75 Å². The van der Waals surface area contributed by atoms with E-state index in [1.165, 1.54) is 25.1 Å². The molecule has 1 saturated heterocycles. The van der Waals surface area contributed by atoms with Crippen molar-refractivity contribution in [2.75, 3.05) is 30.4 Å². The number of aromatic nitrogens is 3. The molecular formula is C25H29N5O3S. The smallest absolute Gasteiger partial charge is 0.237 e. The molecule has 0 spiro atoms. The van der Waals surface area contributed by atoms with Gasteiger partial charge in [0.2, 0.25) is 11.9 Å². The maximum Gasteiger partial charge on any atom is 0.237 e. The topological polar surface area (TPSA) is 89.3 Å². The Hall–Kier alpha value is -3.33. The molecule has 8 nitrogen and oxygen atoms in total. The van der Waals surface area contributed by atoms with Crippen molar-refractivity contribution in [1.29, 1.82) is 0 Å². The second-order valence-electron chi connectivity index (χ2n) is 8.22. The zero-order valence-electron chi connectivity index (χ0n) is 19.7. The van der Waals surface area contributed by atoms with Crippen molar-refractivity contribution in [3.63, 3.8) is 0 Å². The number of nitrogens with zero attached hydrogens (tertiary/aromatic N) is 4. The van der Waals surface area contributed by atoms with Crippen molar-refractivity contribution in [2.45, 2.75) is 43.5 Å². The molecule has 4 rings (SSSR count). The van der Waals surface area contributed by atoms with Crippen molar-refractivity contribution >= 4 is 35.1 Å².